The third-order valence-corrected chi connectivity index (χ3v) is 1.55. The topological polar surface area (TPSA) is 95.6 Å². The maximum atomic E-state index is 10.6. The highest BCUT2D eigenvalue weighted by Crippen LogP contribution is 2.02. The Hall–Kier alpha value is -0.650. The van der Waals surface area contributed by atoms with Gasteiger partial charge in [0.25, 0.3) is 0 Å². The van der Waals surface area contributed by atoms with Crippen molar-refractivity contribution in [2.75, 3.05) is 6.54 Å². The van der Waals surface area contributed by atoms with Gasteiger partial charge in [-0.25, -0.2) is 0 Å². The van der Waals surface area contributed by atoms with Gasteiger partial charge in [0.05, 0.1) is 6.10 Å². The summed E-state index contributed by atoms with van der Waals surface area (Å²) >= 11 is 0. The second-order valence-electron chi connectivity index (χ2n) is 2.33. The summed E-state index contributed by atoms with van der Waals surface area (Å²) in [5.41, 5.74) is 5.19. The Morgan fingerprint density at radius 1 is 1.60 bits per heavy atom. The summed E-state index contributed by atoms with van der Waals surface area (Å²) in [5.74, 6) is -0.419. The summed E-state index contributed by atoms with van der Waals surface area (Å²) in [7, 11) is 0. The van der Waals surface area contributed by atoms with Crippen LogP contribution >= 0.6 is 0 Å². The molecule has 5 nitrogen and oxygen atoms in total. The first-order valence-electron chi connectivity index (χ1n) is 3.02. The Labute approximate surface area is 57.8 Å². The molecule has 58 valence electrons. The van der Waals surface area contributed by atoms with Crippen molar-refractivity contribution in [1.82, 2.24) is 5.32 Å². The summed E-state index contributed by atoms with van der Waals surface area (Å²) in [6, 6.07) is -0.997. The summed E-state index contributed by atoms with van der Waals surface area (Å²) < 4.78 is 0. The van der Waals surface area contributed by atoms with Gasteiger partial charge in [-0.3, -0.25) is 4.79 Å². The SMILES string of the molecule is N[C@H]1C(=O)NC[C@@H](O)[C@@H]1O. The van der Waals surface area contributed by atoms with E-state index < -0.39 is 24.2 Å². The highest BCUT2D eigenvalue weighted by atomic mass is 16.3. The highest BCUT2D eigenvalue weighted by molar-refractivity contribution is 5.83. The van der Waals surface area contributed by atoms with Gasteiger partial charge in [0, 0.05) is 6.54 Å². The van der Waals surface area contributed by atoms with E-state index in [1.165, 1.54) is 0 Å². The summed E-state index contributed by atoms with van der Waals surface area (Å²) in [5, 5.41) is 20.2. The van der Waals surface area contributed by atoms with Crippen LogP contribution in [0.5, 0.6) is 0 Å². The number of carbonyl (C=O) groups excluding carboxylic acids is 1. The zero-order valence-corrected chi connectivity index (χ0v) is 5.32. The summed E-state index contributed by atoms with van der Waals surface area (Å²) in [6.07, 6.45) is -2.07. The van der Waals surface area contributed by atoms with Gasteiger partial charge in [-0.15, -0.1) is 0 Å². The van der Waals surface area contributed by atoms with Gasteiger partial charge < -0.3 is 21.3 Å². The maximum Gasteiger partial charge on any atom is 0.239 e. The van der Waals surface area contributed by atoms with Crippen LogP contribution in [0.4, 0.5) is 0 Å². The van der Waals surface area contributed by atoms with Crippen molar-refractivity contribution in [2.45, 2.75) is 18.2 Å². The van der Waals surface area contributed by atoms with Gasteiger partial charge in [0.15, 0.2) is 0 Å². The molecule has 10 heavy (non-hydrogen) atoms. The van der Waals surface area contributed by atoms with Crippen LogP contribution in [-0.4, -0.2) is 40.9 Å². The van der Waals surface area contributed by atoms with E-state index >= 15 is 0 Å². The fourth-order valence-electron chi connectivity index (χ4n) is 0.838. The molecule has 1 heterocycles. The number of hydrogen-bond acceptors (Lipinski definition) is 4. The van der Waals surface area contributed by atoms with E-state index in [0.717, 1.165) is 0 Å². The molecule has 0 aromatic carbocycles. The zero-order valence-electron chi connectivity index (χ0n) is 5.32. The average molecular weight is 146 g/mol. The van der Waals surface area contributed by atoms with Gasteiger partial charge in [0.2, 0.25) is 5.91 Å². The molecule has 1 aliphatic heterocycles. The lowest BCUT2D eigenvalue weighted by Crippen LogP contribution is -2.60. The molecular weight excluding hydrogens is 136 g/mol. The molecule has 0 unspecified atom stereocenters. The number of β-amino-alcohol motifs (C(OH)–C–C–N with tert-alkyl or cyclic N) is 1. The van der Waals surface area contributed by atoms with Crippen molar-refractivity contribution in [1.29, 1.82) is 0 Å². The van der Waals surface area contributed by atoms with Gasteiger partial charge in [-0.1, -0.05) is 0 Å². The largest absolute Gasteiger partial charge is 0.389 e. The van der Waals surface area contributed by atoms with Crippen LogP contribution in [0.3, 0.4) is 0 Å². The first-order valence-corrected chi connectivity index (χ1v) is 3.02. The van der Waals surface area contributed by atoms with Crippen LogP contribution in [0.25, 0.3) is 0 Å². The highest BCUT2D eigenvalue weighted by Gasteiger charge is 2.33. The van der Waals surface area contributed by atoms with Gasteiger partial charge in [-0.05, 0) is 0 Å². The molecule has 0 radical (unpaired) electrons. The van der Waals surface area contributed by atoms with Crippen molar-refractivity contribution >= 4 is 5.91 Å². The Morgan fingerprint density at radius 3 is 2.70 bits per heavy atom. The molecule has 5 N–H and O–H groups in total. The molecule has 1 rings (SSSR count). The third-order valence-electron chi connectivity index (χ3n) is 1.55. The van der Waals surface area contributed by atoms with Crippen molar-refractivity contribution in [3.8, 4) is 0 Å². The standard InChI is InChI=1S/C5H10N2O3/c6-3-4(9)2(8)1-7-5(3)10/h2-4,8-9H,1,6H2,(H,7,10)/t2-,3-,4+/m1/s1. The number of hydrogen-bond donors (Lipinski definition) is 4. The minimum atomic E-state index is -1.13. The first kappa shape index (κ1) is 7.46. The van der Waals surface area contributed by atoms with E-state index in [4.69, 9.17) is 15.9 Å². The van der Waals surface area contributed by atoms with Gasteiger partial charge in [-0.2, -0.15) is 0 Å². The fourth-order valence-corrected chi connectivity index (χ4v) is 0.838. The quantitative estimate of drug-likeness (QED) is 0.296. The molecule has 0 aromatic rings. The first-order chi connectivity index (χ1) is 4.63. The lowest BCUT2D eigenvalue weighted by atomic mass is 10.0. The monoisotopic (exact) mass is 146 g/mol. The Bertz CT molecular complexity index is 150. The molecule has 0 bridgehead atoms. The number of carbonyl (C=O) groups is 1. The number of piperidine rings is 1. The van der Waals surface area contributed by atoms with E-state index in [0.29, 0.717) is 0 Å². The minimum Gasteiger partial charge on any atom is -0.389 e. The molecule has 1 fully saturated rings. The number of nitrogens with two attached hydrogens (primary N) is 1. The lowest BCUT2D eigenvalue weighted by molar-refractivity contribution is -0.132. The second-order valence-corrected chi connectivity index (χ2v) is 2.33. The molecule has 1 aliphatic rings. The number of amides is 1. The average Bonchev–Trinajstić information content (AvgIpc) is 1.93. The van der Waals surface area contributed by atoms with E-state index in [9.17, 15) is 4.79 Å². The number of aliphatic hydroxyl groups is 2. The smallest absolute Gasteiger partial charge is 0.239 e. The Balaban J connectivity index is 2.60. The van der Waals surface area contributed by atoms with Crippen LogP contribution in [-0.2, 0) is 4.79 Å². The minimum absolute atomic E-state index is 0.0771. The molecule has 3 atom stereocenters. The molecule has 0 aromatic heterocycles. The molecule has 0 saturated carbocycles. The summed E-state index contributed by atoms with van der Waals surface area (Å²) in [6.45, 7) is 0.0771. The van der Waals surface area contributed by atoms with Gasteiger partial charge >= 0.3 is 0 Å². The van der Waals surface area contributed by atoms with Crippen LogP contribution in [0.1, 0.15) is 0 Å². The molecule has 1 saturated heterocycles. The van der Waals surface area contributed by atoms with Crippen LogP contribution in [0, 0.1) is 0 Å². The van der Waals surface area contributed by atoms with E-state index in [1.54, 1.807) is 0 Å². The number of nitrogens with one attached hydrogen (secondary N) is 1. The predicted molar refractivity (Wildman–Crippen MR) is 33.0 cm³/mol. The number of rotatable bonds is 0. The third kappa shape index (κ3) is 1.11. The van der Waals surface area contributed by atoms with Crippen LogP contribution in [0.15, 0.2) is 0 Å². The fraction of sp³-hybridized carbons (Fsp3) is 0.800. The second kappa shape index (κ2) is 2.53. The van der Waals surface area contributed by atoms with E-state index in [1.807, 2.05) is 0 Å². The molecule has 1 amide bonds. The van der Waals surface area contributed by atoms with Crippen molar-refractivity contribution in [3.05, 3.63) is 0 Å². The van der Waals surface area contributed by atoms with Crippen molar-refractivity contribution in [3.63, 3.8) is 0 Å². The van der Waals surface area contributed by atoms with Crippen LogP contribution in [0.2, 0.25) is 0 Å². The number of aliphatic hydroxyl groups excluding tert-OH is 2. The Kier molecular flexibility index (Phi) is 1.89. The van der Waals surface area contributed by atoms with Gasteiger partial charge in [0.1, 0.15) is 12.1 Å². The maximum absolute atomic E-state index is 10.6. The Morgan fingerprint density at radius 2 is 2.20 bits per heavy atom. The van der Waals surface area contributed by atoms with Crippen molar-refractivity contribution < 1.29 is 15.0 Å². The summed E-state index contributed by atoms with van der Waals surface area (Å²) in [4.78, 5) is 10.6. The molecular formula is C5H10N2O3. The lowest BCUT2D eigenvalue weighted by Gasteiger charge is -2.28. The van der Waals surface area contributed by atoms with Crippen molar-refractivity contribution in [2.24, 2.45) is 5.73 Å². The molecule has 5 heteroatoms. The molecule has 0 aliphatic carbocycles. The zero-order chi connectivity index (χ0) is 7.72. The molecule has 0 spiro atoms. The van der Waals surface area contributed by atoms with E-state index in [-0.39, 0.29) is 6.54 Å². The normalized spacial score (nSPS) is 41.1. The predicted octanol–water partition coefficient (Wildman–Crippen LogP) is -2.83. The van der Waals surface area contributed by atoms with E-state index in [2.05, 4.69) is 5.32 Å². The van der Waals surface area contributed by atoms with Crippen LogP contribution < -0.4 is 11.1 Å².